The molecule has 9 heteroatoms. The number of carbonyl (C=O) groups excluding carboxylic acids is 2. The highest BCUT2D eigenvalue weighted by molar-refractivity contribution is 7.08. The van der Waals surface area contributed by atoms with Crippen LogP contribution in [0.25, 0.3) is 11.4 Å². The quantitative estimate of drug-likeness (QED) is 0.531. The van der Waals surface area contributed by atoms with Crippen LogP contribution in [-0.2, 0) is 20.7 Å². The van der Waals surface area contributed by atoms with Gasteiger partial charge in [0.2, 0.25) is 11.7 Å². The van der Waals surface area contributed by atoms with E-state index in [1.54, 1.807) is 11.3 Å². The third-order valence-corrected chi connectivity index (χ3v) is 7.67. The number of hydrazone groups is 1. The number of nitrogens with one attached hydrogen (secondary N) is 1. The van der Waals surface area contributed by atoms with Crippen LogP contribution in [0.3, 0.4) is 0 Å². The summed E-state index contributed by atoms with van der Waals surface area (Å²) in [6.45, 7) is 6.43. The second kappa shape index (κ2) is 7.94. The van der Waals surface area contributed by atoms with Gasteiger partial charge in [-0.3, -0.25) is 9.59 Å². The predicted molar refractivity (Wildman–Crippen MR) is 112 cm³/mol. The summed E-state index contributed by atoms with van der Waals surface area (Å²) in [6, 6.07) is 1.90. The van der Waals surface area contributed by atoms with Crippen molar-refractivity contribution in [3.8, 4) is 11.4 Å². The molecule has 0 saturated heterocycles. The second-order valence-electron chi connectivity index (χ2n) is 8.77. The van der Waals surface area contributed by atoms with Crippen molar-refractivity contribution in [2.45, 2.75) is 52.9 Å². The van der Waals surface area contributed by atoms with Gasteiger partial charge in [0.25, 0.3) is 5.91 Å². The van der Waals surface area contributed by atoms with Gasteiger partial charge in [0.1, 0.15) is 0 Å². The summed E-state index contributed by atoms with van der Waals surface area (Å²) in [5, 5.41) is 12.1. The highest BCUT2D eigenvalue weighted by Crippen LogP contribution is 2.63. The summed E-state index contributed by atoms with van der Waals surface area (Å²) < 4.78 is 10.2. The van der Waals surface area contributed by atoms with Crippen LogP contribution in [0, 0.1) is 16.7 Å². The van der Waals surface area contributed by atoms with Gasteiger partial charge in [0, 0.05) is 28.5 Å². The number of hydrogen-bond donors (Lipinski definition) is 1. The minimum absolute atomic E-state index is 0.0214. The molecule has 0 aromatic carbocycles. The van der Waals surface area contributed by atoms with E-state index in [0.717, 1.165) is 24.1 Å². The van der Waals surface area contributed by atoms with Crippen LogP contribution in [-0.4, -0.2) is 34.3 Å². The van der Waals surface area contributed by atoms with E-state index in [4.69, 9.17) is 9.26 Å². The number of aryl methyl sites for hydroxylation is 1. The van der Waals surface area contributed by atoms with E-state index in [9.17, 15) is 9.59 Å². The molecule has 160 valence electrons. The zero-order valence-electron chi connectivity index (χ0n) is 17.4. The topological polar surface area (TPSA) is 107 Å². The van der Waals surface area contributed by atoms with Gasteiger partial charge in [-0.1, -0.05) is 25.9 Å². The van der Waals surface area contributed by atoms with Crippen molar-refractivity contribution >= 4 is 28.9 Å². The van der Waals surface area contributed by atoms with Crippen LogP contribution in [0.1, 0.15) is 52.3 Å². The Kier molecular flexibility index (Phi) is 5.48. The van der Waals surface area contributed by atoms with Gasteiger partial charge in [-0.05, 0) is 42.0 Å². The van der Waals surface area contributed by atoms with Crippen LogP contribution >= 0.6 is 11.3 Å². The first-order valence-corrected chi connectivity index (χ1v) is 11.1. The lowest BCUT2D eigenvalue weighted by molar-refractivity contribution is -0.148. The number of carbonyl (C=O) groups is 2. The Morgan fingerprint density at radius 2 is 2.23 bits per heavy atom. The van der Waals surface area contributed by atoms with Gasteiger partial charge >= 0.3 is 5.97 Å². The Labute approximate surface area is 179 Å². The van der Waals surface area contributed by atoms with E-state index in [1.807, 2.05) is 16.8 Å². The number of aromatic nitrogens is 2. The molecule has 0 spiro atoms. The molecule has 1 amide bonds. The molecular weight excluding hydrogens is 404 g/mol. The summed E-state index contributed by atoms with van der Waals surface area (Å²) in [5.74, 6) is 0.534. The Hall–Kier alpha value is -2.55. The Morgan fingerprint density at radius 3 is 2.90 bits per heavy atom. The average molecular weight is 431 g/mol. The molecule has 2 fully saturated rings. The molecule has 1 N–H and O–H groups in total. The number of amides is 1. The maximum atomic E-state index is 12.0. The number of esters is 1. The maximum absolute atomic E-state index is 12.0. The van der Waals surface area contributed by atoms with E-state index in [1.165, 1.54) is 6.42 Å². The molecule has 2 unspecified atom stereocenters. The fourth-order valence-electron chi connectivity index (χ4n) is 4.55. The lowest BCUT2D eigenvalue weighted by Gasteiger charge is -2.34. The van der Waals surface area contributed by atoms with Gasteiger partial charge in [-0.25, -0.2) is 5.43 Å². The summed E-state index contributed by atoms with van der Waals surface area (Å²) in [7, 11) is 0. The molecule has 30 heavy (non-hydrogen) atoms. The van der Waals surface area contributed by atoms with Crippen molar-refractivity contribution in [2.75, 3.05) is 6.61 Å². The van der Waals surface area contributed by atoms with Crippen molar-refractivity contribution in [1.29, 1.82) is 0 Å². The predicted octanol–water partition coefficient (Wildman–Crippen LogP) is 3.59. The largest absolute Gasteiger partial charge is 0.455 e. The van der Waals surface area contributed by atoms with Gasteiger partial charge in [0.15, 0.2) is 6.61 Å². The first-order chi connectivity index (χ1) is 14.3. The Morgan fingerprint density at radius 1 is 1.40 bits per heavy atom. The smallest absolute Gasteiger partial charge is 0.306 e. The lowest BCUT2D eigenvalue weighted by atomic mass is 9.70. The van der Waals surface area contributed by atoms with E-state index in [0.29, 0.717) is 17.6 Å². The van der Waals surface area contributed by atoms with Gasteiger partial charge in [-0.2, -0.15) is 21.4 Å². The molecule has 2 aliphatic rings. The van der Waals surface area contributed by atoms with Crippen LogP contribution in [0.15, 0.2) is 26.5 Å². The summed E-state index contributed by atoms with van der Waals surface area (Å²) in [6.07, 6.45) is 3.54. The van der Waals surface area contributed by atoms with Gasteiger partial charge < -0.3 is 9.26 Å². The minimum Gasteiger partial charge on any atom is -0.455 e. The highest BCUT2D eigenvalue weighted by atomic mass is 32.1. The van der Waals surface area contributed by atoms with E-state index >= 15 is 0 Å². The van der Waals surface area contributed by atoms with Gasteiger partial charge in [-0.15, -0.1) is 0 Å². The number of ether oxygens (including phenoxy) is 1. The van der Waals surface area contributed by atoms with Crippen LogP contribution in [0.4, 0.5) is 0 Å². The van der Waals surface area contributed by atoms with Crippen LogP contribution in [0.5, 0.6) is 0 Å². The van der Waals surface area contributed by atoms with E-state index < -0.39 is 11.9 Å². The van der Waals surface area contributed by atoms with Crippen molar-refractivity contribution in [2.24, 2.45) is 21.8 Å². The molecular formula is C21H26N4O4S. The molecule has 2 aromatic heterocycles. The zero-order chi connectivity index (χ0) is 21.4. The van der Waals surface area contributed by atoms with Crippen molar-refractivity contribution in [3.05, 3.63) is 22.7 Å². The first kappa shape index (κ1) is 20.7. The lowest BCUT2D eigenvalue weighted by Crippen LogP contribution is -2.34. The molecule has 2 saturated carbocycles. The van der Waals surface area contributed by atoms with E-state index in [-0.39, 0.29) is 30.3 Å². The van der Waals surface area contributed by atoms with Crippen molar-refractivity contribution < 1.29 is 18.8 Å². The minimum atomic E-state index is -0.499. The van der Waals surface area contributed by atoms with Crippen LogP contribution < -0.4 is 5.43 Å². The fraction of sp³-hybridized carbons (Fsp3) is 0.571. The fourth-order valence-corrected chi connectivity index (χ4v) is 5.19. The highest BCUT2D eigenvalue weighted by Gasteiger charge is 2.60. The monoisotopic (exact) mass is 430 g/mol. The summed E-state index contributed by atoms with van der Waals surface area (Å²) in [4.78, 5) is 28.2. The Bertz CT molecular complexity index is 966. The molecule has 2 bridgehead atoms. The molecule has 2 heterocycles. The number of rotatable bonds is 7. The molecule has 0 radical (unpaired) electrons. The molecule has 2 aromatic rings. The standard InChI is InChI=1S/C21H26N4O4S/c1-20(2)14-6-8-21(20,3)15(10-14)23-24-16(26)11-28-18(27)5-4-17-22-19(25-29-17)13-7-9-30-12-13/h7,9,12,14H,4-6,8,10-11H2,1-3H3,(H,24,26)/b23-15-. The molecule has 2 aliphatic carbocycles. The van der Waals surface area contributed by atoms with Crippen LogP contribution in [0.2, 0.25) is 0 Å². The summed E-state index contributed by atoms with van der Waals surface area (Å²) in [5.41, 5.74) is 4.69. The van der Waals surface area contributed by atoms with Crippen molar-refractivity contribution in [3.63, 3.8) is 0 Å². The van der Waals surface area contributed by atoms with Gasteiger partial charge in [0.05, 0.1) is 6.42 Å². The van der Waals surface area contributed by atoms with E-state index in [2.05, 4.69) is 41.4 Å². The molecule has 8 nitrogen and oxygen atoms in total. The zero-order valence-corrected chi connectivity index (χ0v) is 18.3. The number of nitrogens with zero attached hydrogens (tertiary/aromatic N) is 3. The third-order valence-electron chi connectivity index (χ3n) is 6.98. The first-order valence-electron chi connectivity index (χ1n) is 10.2. The molecule has 0 aliphatic heterocycles. The number of thiophene rings is 1. The molecule has 2 atom stereocenters. The Balaban J connectivity index is 1.21. The SMILES string of the molecule is CC12CCC(C/C1=N/NC(=O)COC(=O)CCc1nc(-c3ccsc3)no1)C2(C)C. The second-order valence-corrected chi connectivity index (χ2v) is 9.55. The average Bonchev–Trinajstić information content (AvgIpc) is 3.47. The number of fused-ring (bicyclic) bond motifs is 2. The number of hydrogen-bond acceptors (Lipinski definition) is 8. The summed E-state index contributed by atoms with van der Waals surface area (Å²) >= 11 is 1.54. The molecule has 4 rings (SSSR count). The normalized spacial score (nSPS) is 25.6. The third kappa shape index (κ3) is 3.78. The maximum Gasteiger partial charge on any atom is 0.306 e. The van der Waals surface area contributed by atoms with Crippen molar-refractivity contribution in [1.82, 2.24) is 15.6 Å².